The van der Waals surface area contributed by atoms with Gasteiger partial charge in [0.05, 0.1) is 0 Å². The minimum absolute atomic E-state index is 0.0777. The highest BCUT2D eigenvalue weighted by Crippen LogP contribution is 2.17. The molecule has 1 atom stereocenters. The highest BCUT2D eigenvalue weighted by molar-refractivity contribution is 14.1. The highest BCUT2D eigenvalue weighted by Gasteiger charge is 2.35. The van der Waals surface area contributed by atoms with Gasteiger partial charge in [-0.3, -0.25) is 0 Å². The number of carbonyl (C=O) groups excluding carboxylic acids is 1. The van der Waals surface area contributed by atoms with Crippen molar-refractivity contribution in [3.05, 3.63) is 29.8 Å². The monoisotopic (exact) mass is 365 g/mol. The number of phenols is 1. The Morgan fingerprint density at radius 1 is 1.39 bits per heavy atom. The van der Waals surface area contributed by atoms with Crippen molar-refractivity contribution in [2.75, 3.05) is 0 Å². The molecule has 0 aromatic heterocycles. The maximum absolute atomic E-state index is 11.2. The highest BCUT2D eigenvalue weighted by atomic mass is 127. The Morgan fingerprint density at radius 2 is 1.94 bits per heavy atom. The number of carboxylic acid groups (broad SMARTS) is 1. The summed E-state index contributed by atoms with van der Waals surface area (Å²) in [5.41, 5.74) is -0.800. The van der Waals surface area contributed by atoms with E-state index >= 15 is 0 Å². The molecule has 0 aliphatic heterocycles. The Labute approximate surface area is 118 Å². The molecule has 0 aliphatic carbocycles. The van der Waals surface area contributed by atoms with Crippen LogP contribution in [0.3, 0.4) is 0 Å². The van der Waals surface area contributed by atoms with Gasteiger partial charge in [-0.15, -0.1) is 0 Å². The minimum Gasteiger partial charge on any atom is -0.508 e. The number of amides is 1. The van der Waals surface area contributed by atoms with Gasteiger partial charge >= 0.3 is 12.1 Å². The summed E-state index contributed by atoms with van der Waals surface area (Å²) in [5, 5.41) is 20.6. The van der Waals surface area contributed by atoms with E-state index in [1.807, 2.05) is 0 Å². The van der Waals surface area contributed by atoms with E-state index in [0.29, 0.717) is 5.56 Å². The van der Waals surface area contributed by atoms with Gasteiger partial charge in [0.15, 0.2) is 23.0 Å². The molecule has 0 heterocycles. The average molecular weight is 365 g/mol. The molecule has 18 heavy (non-hydrogen) atoms. The molecule has 0 saturated carbocycles. The van der Waals surface area contributed by atoms with Crippen molar-refractivity contribution in [1.82, 2.24) is 5.32 Å². The lowest BCUT2D eigenvalue weighted by Gasteiger charge is -2.25. The van der Waals surface area contributed by atoms with E-state index in [1.54, 1.807) is 12.1 Å². The summed E-state index contributed by atoms with van der Waals surface area (Å²) in [5.74, 6) is -1.08. The molecule has 0 saturated heterocycles. The molecular formula is C11H12INO5. The van der Waals surface area contributed by atoms with Crippen LogP contribution in [-0.2, 0) is 14.3 Å². The van der Waals surface area contributed by atoms with Crippen LogP contribution in [0.2, 0.25) is 0 Å². The van der Waals surface area contributed by atoms with Crippen molar-refractivity contribution in [3.63, 3.8) is 0 Å². The number of hydrogen-bond donors (Lipinski definition) is 3. The summed E-state index contributed by atoms with van der Waals surface area (Å²) in [6.07, 6.45) is -0.742. The number of aromatic hydroxyl groups is 1. The zero-order valence-electron chi connectivity index (χ0n) is 9.51. The number of rotatable bonds is 4. The molecule has 0 spiro atoms. The van der Waals surface area contributed by atoms with Gasteiger partial charge in [-0.25, -0.2) is 9.59 Å². The molecule has 1 rings (SSSR count). The summed E-state index contributed by atoms with van der Waals surface area (Å²) in [4.78, 5) is 22.4. The van der Waals surface area contributed by atoms with Crippen LogP contribution in [0.1, 0.15) is 12.5 Å². The van der Waals surface area contributed by atoms with E-state index in [0.717, 1.165) is 0 Å². The van der Waals surface area contributed by atoms with Crippen LogP contribution in [0.15, 0.2) is 24.3 Å². The first-order valence-corrected chi connectivity index (χ1v) is 5.87. The molecule has 0 bridgehead atoms. The van der Waals surface area contributed by atoms with Crippen molar-refractivity contribution in [2.45, 2.75) is 18.9 Å². The Hall–Kier alpha value is -1.51. The maximum Gasteiger partial charge on any atom is 0.417 e. The van der Waals surface area contributed by atoms with Crippen LogP contribution in [0.25, 0.3) is 0 Å². The summed E-state index contributed by atoms with van der Waals surface area (Å²) in [6.45, 7) is 1.38. The van der Waals surface area contributed by atoms with Crippen molar-refractivity contribution < 1.29 is 22.9 Å². The van der Waals surface area contributed by atoms with Gasteiger partial charge < -0.3 is 18.6 Å². The number of halogens is 1. The van der Waals surface area contributed by atoms with Crippen molar-refractivity contribution in [2.24, 2.45) is 0 Å². The number of hydrogen-bond acceptors (Lipinski definition) is 4. The van der Waals surface area contributed by atoms with E-state index in [-0.39, 0.29) is 12.2 Å². The van der Waals surface area contributed by atoms with E-state index < -0.39 is 17.6 Å². The molecule has 0 aliphatic rings. The number of phenolic OH excluding ortho intramolecular Hbond substituents is 1. The molecule has 98 valence electrons. The molecule has 3 N–H and O–H groups in total. The third-order valence-electron chi connectivity index (χ3n) is 2.41. The fourth-order valence-electron chi connectivity index (χ4n) is 1.44. The number of benzene rings is 1. The van der Waals surface area contributed by atoms with Gasteiger partial charge in [0.2, 0.25) is 0 Å². The second-order valence-corrected chi connectivity index (χ2v) is 4.41. The van der Waals surface area contributed by atoms with Gasteiger partial charge in [0.1, 0.15) is 11.3 Å². The van der Waals surface area contributed by atoms with Gasteiger partial charge in [-0.2, -0.15) is 0 Å². The van der Waals surface area contributed by atoms with E-state index in [9.17, 15) is 14.7 Å². The molecule has 1 aromatic carbocycles. The molecule has 7 heteroatoms. The zero-order chi connectivity index (χ0) is 13.8. The second kappa shape index (κ2) is 5.89. The number of nitrogens with one attached hydrogen (secondary N) is 1. The normalized spacial score (nSPS) is 13.4. The average Bonchev–Trinajstić information content (AvgIpc) is 2.31. The number of carboxylic acids is 1. The van der Waals surface area contributed by atoms with Gasteiger partial charge in [-0.05, 0) is 24.6 Å². The number of carbonyl (C=O) groups is 2. The largest absolute Gasteiger partial charge is 0.508 e. The van der Waals surface area contributed by atoms with E-state index in [4.69, 9.17) is 5.11 Å². The molecule has 6 nitrogen and oxygen atoms in total. The summed E-state index contributed by atoms with van der Waals surface area (Å²) in [6, 6.07) is 6.09. The van der Waals surface area contributed by atoms with Crippen LogP contribution in [-0.4, -0.2) is 27.8 Å². The van der Waals surface area contributed by atoms with Gasteiger partial charge in [0.25, 0.3) is 0 Å². The third-order valence-corrected chi connectivity index (χ3v) is 2.81. The Kier molecular flexibility index (Phi) is 4.76. The molecular weight excluding hydrogens is 353 g/mol. The quantitative estimate of drug-likeness (QED) is 0.708. The lowest BCUT2D eigenvalue weighted by atomic mass is 9.93. The molecule has 1 unspecified atom stereocenters. The van der Waals surface area contributed by atoms with Crippen LogP contribution in [0.5, 0.6) is 5.75 Å². The molecule has 0 radical (unpaired) electrons. The predicted molar refractivity (Wildman–Crippen MR) is 71.5 cm³/mol. The Balaban J connectivity index is 2.89. The molecule has 1 amide bonds. The zero-order valence-corrected chi connectivity index (χ0v) is 11.7. The summed E-state index contributed by atoms with van der Waals surface area (Å²) >= 11 is 1.37. The summed E-state index contributed by atoms with van der Waals surface area (Å²) in [7, 11) is 0. The SMILES string of the molecule is CC(Cc1ccc(O)cc1)(NC(=O)OI)C(=O)O. The lowest BCUT2D eigenvalue weighted by molar-refractivity contribution is -0.143. The van der Waals surface area contributed by atoms with Crippen molar-refractivity contribution in [1.29, 1.82) is 0 Å². The second-order valence-electron chi connectivity index (χ2n) is 3.97. The first-order chi connectivity index (χ1) is 8.37. The maximum atomic E-state index is 11.2. The van der Waals surface area contributed by atoms with Crippen LogP contribution in [0.4, 0.5) is 4.79 Å². The van der Waals surface area contributed by atoms with Crippen molar-refractivity contribution in [3.8, 4) is 5.75 Å². The lowest BCUT2D eigenvalue weighted by Crippen LogP contribution is -2.53. The first kappa shape index (κ1) is 14.6. The number of aliphatic carboxylic acids is 1. The minimum atomic E-state index is -1.47. The molecule has 0 fully saturated rings. The fraction of sp³-hybridized carbons (Fsp3) is 0.273. The third kappa shape index (κ3) is 3.76. The molecule has 1 aromatic rings. The topological polar surface area (TPSA) is 95.9 Å². The standard InChI is InChI=1S/C11H12INO5/c1-11(9(15)16,13-10(17)18-12)6-7-2-4-8(14)5-3-7/h2-5,14H,6H2,1H3,(H,13,17)(H,15,16). The Bertz CT molecular complexity index is 447. The predicted octanol–water partition coefficient (Wildman–Crippen LogP) is 1.85. The van der Waals surface area contributed by atoms with Crippen LogP contribution in [0, 0.1) is 0 Å². The fourth-order valence-corrected chi connectivity index (χ4v) is 1.55. The van der Waals surface area contributed by atoms with Gasteiger partial charge in [-0.1, -0.05) is 12.1 Å². The Morgan fingerprint density at radius 3 is 2.39 bits per heavy atom. The van der Waals surface area contributed by atoms with Crippen LogP contribution < -0.4 is 5.32 Å². The smallest absolute Gasteiger partial charge is 0.417 e. The van der Waals surface area contributed by atoms with Crippen LogP contribution >= 0.6 is 23.0 Å². The van der Waals surface area contributed by atoms with Crippen molar-refractivity contribution >= 4 is 35.1 Å². The van der Waals surface area contributed by atoms with E-state index in [2.05, 4.69) is 8.38 Å². The first-order valence-electron chi connectivity index (χ1n) is 4.99. The summed E-state index contributed by atoms with van der Waals surface area (Å²) < 4.78 is 4.37. The van der Waals surface area contributed by atoms with E-state index in [1.165, 1.54) is 42.1 Å². The van der Waals surface area contributed by atoms with Gasteiger partial charge in [0, 0.05) is 6.42 Å².